The Morgan fingerprint density at radius 1 is 1.75 bits per heavy atom. The predicted octanol–water partition coefficient (Wildman–Crippen LogP) is 0.855. The summed E-state index contributed by atoms with van der Waals surface area (Å²) in [5.74, 6) is 0.107. The van der Waals surface area contributed by atoms with E-state index in [1.54, 1.807) is 13.0 Å². The number of aryl methyl sites for hydroxylation is 1. The molecule has 1 unspecified atom stereocenters. The van der Waals surface area contributed by atoms with Crippen molar-refractivity contribution in [2.45, 2.75) is 32.2 Å². The van der Waals surface area contributed by atoms with Gasteiger partial charge in [0.25, 0.3) is 5.91 Å². The number of carbonyl (C=O) groups excluding carboxylic acids is 1. The summed E-state index contributed by atoms with van der Waals surface area (Å²) >= 11 is 0. The van der Waals surface area contributed by atoms with E-state index >= 15 is 0 Å². The second-order valence-electron chi connectivity index (χ2n) is 4.17. The van der Waals surface area contributed by atoms with Gasteiger partial charge in [-0.25, -0.2) is 0 Å². The Morgan fingerprint density at radius 2 is 2.62 bits per heavy atom. The lowest BCUT2D eigenvalue weighted by atomic mass is 10.1. The van der Waals surface area contributed by atoms with Crippen LogP contribution in [-0.4, -0.2) is 30.2 Å². The topological polar surface area (TPSA) is 67.2 Å². The monoisotopic (exact) mass is 223 g/mol. The Bertz CT molecular complexity index is 356. The van der Waals surface area contributed by atoms with Crippen LogP contribution >= 0.6 is 0 Å². The van der Waals surface area contributed by atoms with Gasteiger partial charge < -0.3 is 15.2 Å². The molecule has 1 aliphatic heterocycles. The molecule has 1 saturated heterocycles. The molecule has 1 amide bonds. The number of hydrogen-bond acceptors (Lipinski definition) is 4. The first kappa shape index (κ1) is 11.1. The lowest BCUT2D eigenvalue weighted by molar-refractivity contribution is 0.0915. The molecule has 0 aromatic carbocycles. The Labute approximate surface area is 94.6 Å². The van der Waals surface area contributed by atoms with Gasteiger partial charge in [0.05, 0.1) is 5.69 Å². The van der Waals surface area contributed by atoms with E-state index in [2.05, 4.69) is 15.8 Å². The van der Waals surface area contributed by atoms with Crippen molar-refractivity contribution in [2.75, 3.05) is 13.1 Å². The Balaban J connectivity index is 1.71. The lowest BCUT2D eigenvalue weighted by Crippen LogP contribution is -2.30. The smallest absolute Gasteiger partial charge is 0.289 e. The highest BCUT2D eigenvalue weighted by atomic mass is 16.5. The summed E-state index contributed by atoms with van der Waals surface area (Å²) in [7, 11) is 0. The summed E-state index contributed by atoms with van der Waals surface area (Å²) in [6.45, 7) is 3.57. The molecule has 88 valence electrons. The number of nitrogens with zero attached hydrogens (tertiary/aromatic N) is 1. The first-order chi connectivity index (χ1) is 7.75. The fourth-order valence-corrected chi connectivity index (χ4v) is 1.92. The quantitative estimate of drug-likeness (QED) is 0.794. The van der Waals surface area contributed by atoms with Gasteiger partial charge in [0.1, 0.15) is 0 Å². The number of amides is 1. The Morgan fingerprint density at radius 3 is 3.25 bits per heavy atom. The minimum atomic E-state index is -0.182. The molecule has 5 nitrogen and oxygen atoms in total. The maximum atomic E-state index is 11.6. The molecule has 1 aliphatic rings. The highest BCUT2D eigenvalue weighted by Gasteiger charge is 2.15. The molecule has 2 N–H and O–H groups in total. The van der Waals surface area contributed by atoms with Crippen LogP contribution in [0.1, 0.15) is 35.5 Å². The summed E-state index contributed by atoms with van der Waals surface area (Å²) in [4.78, 5) is 11.6. The lowest BCUT2D eigenvalue weighted by Gasteiger charge is -2.09. The Hall–Kier alpha value is -1.36. The zero-order valence-electron chi connectivity index (χ0n) is 9.45. The molecule has 1 atom stereocenters. The molecule has 1 fully saturated rings. The van der Waals surface area contributed by atoms with E-state index in [-0.39, 0.29) is 11.7 Å². The average Bonchev–Trinajstić information content (AvgIpc) is 2.89. The van der Waals surface area contributed by atoms with Crippen molar-refractivity contribution >= 4 is 5.91 Å². The number of aromatic nitrogens is 1. The van der Waals surface area contributed by atoms with Gasteiger partial charge in [-0.1, -0.05) is 5.16 Å². The third-order valence-corrected chi connectivity index (χ3v) is 2.79. The highest BCUT2D eigenvalue weighted by Crippen LogP contribution is 2.08. The third-order valence-electron chi connectivity index (χ3n) is 2.79. The second kappa shape index (κ2) is 5.12. The van der Waals surface area contributed by atoms with E-state index in [4.69, 9.17) is 4.52 Å². The Kier molecular flexibility index (Phi) is 3.56. The molecule has 1 aromatic heterocycles. The van der Waals surface area contributed by atoms with Crippen LogP contribution in [0.3, 0.4) is 0 Å². The van der Waals surface area contributed by atoms with Crippen molar-refractivity contribution in [1.29, 1.82) is 0 Å². The molecule has 0 radical (unpaired) electrons. The normalized spacial score (nSPS) is 19.9. The number of carbonyl (C=O) groups is 1. The van der Waals surface area contributed by atoms with Gasteiger partial charge in [-0.2, -0.15) is 0 Å². The molecule has 2 heterocycles. The van der Waals surface area contributed by atoms with Gasteiger partial charge in [0.2, 0.25) is 5.76 Å². The van der Waals surface area contributed by atoms with Crippen LogP contribution in [-0.2, 0) is 0 Å². The van der Waals surface area contributed by atoms with Crippen LogP contribution in [0.5, 0.6) is 0 Å². The molecule has 0 bridgehead atoms. The van der Waals surface area contributed by atoms with Gasteiger partial charge in [0.15, 0.2) is 0 Å². The van der Waals surface area contributed by atoms with Crippen molar-refractivity contribution in [1.82, 2.24) is 15.8 Å². The van der Waals surface area contributed by atoms with Gasteiger partial charge in [-0.05, 0) is 32.7 Å². The predicted molar refractivity (Wildman–Crippen MR) is 59.2 cm³/mol. The fraction of sp³-hybridized carbons (Fsp3) is 0.636. The van der Waals surface area contributed by atoms with E-state index in [1.807, 2.05) is 0 Å². The number of rotatable bonds is 4. The summed E-state index contributed by atoms with van der Waals surface area (Å²) in [6.07, 6.45) is 3.41. The molecule has 0 saturated carbocycles. The van der Waals surface area contributed by atoms with E-state index < -0.39 is 0 Å². The first-order valence-corrected chi connectivity index (χ1v) is 5.70. The number of nitrogens with one attached hydrogen (secondary N) is 2. The molecular formula is C11H17N3O2. The first-order valence-electron chi connectivity index (χ1n) is 5.70. The molecule has 16 heavy (non-hydrogen) atoms. The summed E-state index contributed by atoms with van der Waals surface area (Å²) in [5.41, 5.74) is 0.725. The van der Waals surface area contributed by atoms with Crippen molar-refractivity contribution in [3.05, 3.63) is 17.5 Å². The van der Waals surface area contributed by atoms with Crippen LogP contribution in [0, 0.1) is 6.92 Å². The molecule has 1 aromatic rings. The van der Waals surface area contributed by atoms with Gasteiger partial charge in [-0.3, -0.25) is 4.79 Å². The van der Waals surface area contributed by atoms with E-state index in [9.17, 15) is 4.79 Å². The van der Waals surface area contributed by atoms with Crippen LogP contribution in [0.25, 0.3) is 0 Å². The standard InChI is InChI=1S/C11H17N3O2/c1-8-7-10(16-14-8)11(15)13-6-4-9-3-2-5-12-9/h7,9,12H,2-6H2,1H3,(H,13,15). The maximum Gasteiger partial charge on any atom is 0.289 e. The van der Waals surface area contributed by atoms with E-state index in [0.717, 1.165) is 18.7 Å². The SMILES string of the molecule is Cc1cc(C(=O)NCCC2CCCN2)on1. The van der Waals surface area contributed by atoms with Crippen LogP contribution in [0.4, 0.5) is 0 Å². The zero-order chi connectivity index (χ0) is 11.4. The maximum absolute atomic E-state index is 11.6. The van der Waals surface area contributed by atoms with Gasteiger partial charge >= 0.3 is 0 Å². The molecule has 2 rings (SSSR count). The van der Waals surface area contributed by atoms with Crippen molar-refractivity contribution < 1.29 is 9.32 Å². The fourth-order valence-electron chi connectivity index (χ4n) is 1.92. The van der Waals surface area contributed by atoms with Crippen LogP contribution in [0.2, 0.25) is 0 Å². The van der Waals surface area contributed by atoms with Crippen LogP contribution in [0.15, 0.2) is 10.6 Å². The highest BCUT2D eigenvalue weighted by molar-refractivity contribution is 5.91. The largest absolute Gasteiger partial charge is 0.351 e. The van der Waals surface area contributed by atoms with Crippen molar-refractivity contribution in [2.24, 2.45) is 0 Å². The molecule has 0 spiro atoms. The average molecular weight is 223 g/mol. The van der Waals surface area contributed by atoms with E-state index in [1.165, 1.54) is 12.8 Å². The second-order valence-corrected chi connectivity index (χ2v) is 4.17. The minimum absolute atomic E-state index is 0.182. The third kappa shape index (κ3) is 2.82. The molecule has 5 heteroatoms. The number of hydrogen-bond donors (Lipinski definition) is 2. The van der Waals surface area contributed by atoms with Crippen molar-refractivity contribution in [3.8, 4) is 0 Å². The van der Waals surface area contributed by atoms with Crippen LogP contribution < -0.4 is 10.6 Å². The van der Waals surface area contributed by atoms with Crippen molar-refractivity contribution in [3.63, 3.8) is 0 Å². The minimum Gasteiger partial charge on any atom is -0.351 e. The summed E-state index contributed by atoms with van der Waals surface area (Å²) < 4.78 is 4.87. The summed E-state index contributed by atoms with van der Waals surface area (Å²) in [5, 5.41) is 9.89. The van der Waals surface area contributed by atoms with E-state index in [0.29, 0.717) is 12.6 Å². The molecular weight excluding hydrogens is 206 g/mol. The zero-order valence-corrected chi connectivity index (χ0v) is 9.45. The molecule has 0 aliphatic carbocycles. The van der Waals surface area contributed by atoms with Gasteiger partial charge in [0, 0.05) is 18.7 Å². The van der Waals surface area contributed by atoms with Gasteiger partial charge in [-0.15, -0.1) is 0 Å². The summed E-state index contributed by atoms with van der Waals surface area (Å²) in [6, 6.07) is 2.19.